The van der Waals surface area contributed by atoms with E-state index < -0.39 is 10.8 Å². The van der Waals surface area contributed by atoms with Crippen LogP contribution in [-0.4, -0.2) is 44.4 Å². The maximum absolute atomic E-state index is 11.2. The number of carbonyl (C=O) groups is 2. The predicted molar refractivity (Wildman–Crippen MR) is 60.8 cm³/mol. The van der Waals surface area contributed by atoms with Crippen LogP contribution >= 0.6 is 0 Å². The Morgan fingerprint density at radius 3 is 2.50 bits per heavy atom. The smallest absolute Gasteiger partial charge is 0.284 e. The van der Waals surface area contributed by atoms with E-state index in [0.29, 0.717) is 0 Å². The lowest BCUT2D eigenvalue weighted by Crippen LogP contribution is -2.37. The molecule has 0 fully saturated rings. The number of nitrogens with zero attached hydrogens (tertiary/aromatic N) is 5. The van der Waals surface area contributed by atoms with Gasteiger partial charge in [0, 0.05) is 20.9 Å². The standard InChI is InChI=1S/C9H11N5O4/c1-6(15)11-9(12(3)7(2)16)13-5-8(4-10-13)14(17)18/h4-5H,1-3H3/b11-9+. The van der Waals surface area contributed by atoms with Crippen molar-refractivity contribution in [3.8, 4) is 0 Å². The van der Waals surface area contributed by atoms with Crippen LogP contribution in [0.3, 0.4) is 0 Å². The van der Waals surface area contributed by atoms with E-state index >= 15 is 0 Å². The Morgan fingerprint density at radius 1 is 1.50 bits per heavy atom. The molecule has 9 nitrogen and oxygen atoms in total. The van der Waals surface area contributed by atoms with Crippen molar-refractivity contribution >= 4 is 23.5 Å². The summed E-state index contributed by atoms with van der Waals surface area (Å²) in [5.41, 5.74) is -0.261. The van der Waals surface area contributed by atoms with Gasteiger partial charge >= 0.3 is 5.69 Å². The van der Waals surface area contributed by atoms with Gasteiger partial charge in [-0.2, -0.15) is 10.1 Å². The molecule has 0 bridgehead atoms. The molecule has 0 saturated heterocycles. The van der Waals surface area contributed by atoms with E-state index in [1.54, 1.807) is 0 Å². The van der Waals surface area contributed by atoms with Crippen molar-refractivity contribution in [1.29, 1.82) is 0 Å². The molecule has 0 aliphatic carbocycles. The van der Waals surface area contributed by atoms with Gasteiger partial charge in [-0.1, -0.05) is 0 Å². The number of carbonyl (C=O) groups excluding carboxylic acids is 2. The predicted octanol–water partition coefficient (Wildman–Crippen LogP) is 0.0202. The van der Waals surface area contributed by atoms with E-state index in [2.05, 4.69) is 10.1 Å². The molecule has 0 saturated carbocycles. The van der Waals surface area contributed by atoms with E-state index in [9.17, 15) is 19.7 Å². The maximum Gasteiger partial charge on any atom is 0.307 e. The van der Waals surface area contributed by atoms with Crippen molar-refractivity contribution in [2.24, 2.45) is 4.99 Å². The summed E-state index contributed by atoms with van der Waals surface area (Å²) in [4.78, 5) is 36.8. The lowest BCUT2D eigenvalue weighted by molar-refractivity contribution is -0.384. The van der Waals surface area contributed by atoms with Gasteiger partial charge in [-0.3, -0.25) is 24.6 Å². The molecule has 18 heavy (non-hydrogen) atoms. The number of amides is 2. The number of nitro groups is 1. The number of aromatic nitrogens is 2. The molecule has 1 aromatic heterocycles. The highest BCUT2D eigenvalue weighted by molar-refractivity contribution is 6.01. The molecule has 0 atom stereocenters. The minimum absolute atomic E-state index is 0.0944. The van der Waals surface area contributed by atoms with Crippen molar-refractivity contribution in [2.45, 2.75) is 13.8 Å². The van der Waals surface area contributed by atoms with Crippen LogP contribution in [0.2, 0.25) is 0 Å². The molecule has 0 aromatic carbocycles. The average Bonchev–Trinajstić information content (AvgIpc) is 2.73. The van der Waals surface area contributed by atoms with Crippen LogP contribution in [0.15, 0.2) is 17.4 Å². The first-order valence-electron chi connectivity index (χ1n) is 4.86. The molecule has 2 amide bonds. The lowest BCUT2D eigenvalue weighted by atomic mass is 10.5. The summed E-state index contributed by atoms with van der Waals surface area (Å²) in [6.07, 6.45) is 2.07. The van der Waals surface area contributed by atoms with Gasteiger partial charge in [0.15, 0.2) is 0 Å². The van der Waals surface area contributed by atoms with Crippen LogP contribution in [-0.2, 0) is 9.59 Å². The highest BCUT2D eigenvalue weighted by Gasteiger charge is 2.18. The minimum Gasteiger partial charge on any atom is -0.284 e. The summed E-state index contributed by atoms with van der Waals surface area (Å²) in [6.45, 7) is 2.47. The number of hydrogen-bond acceptors (Lipinski definition) is 5. The summed E-state index contributed by atoms with van der Waals surface area (Å²) in [5, 5.41) is 14.2. The first-order valence-corrected chi connectivity index (χ1v) is 4.86. The molecule has 0 N–H and O–H groups in total. The van der Waals surface area contributed by atoms with Gasteiger partial charge in [0.05, 0.1) is 4.92 Å². The van der Waals surface area contributed by atoms with Crippen molar-refractivity contribution in [2.75, 3.05) is 7.05 Å². The fraction of sp³-hybridized carbons (Fsp3) is 0.333. The molecule has 96 valence electrons. The Bertz CT molecular complexity index is 533. The van der Waals surface area contributed by atoms with E-state index in [4.69, 9.17) is 0 Å². The van der Waals surface area contributed by atoms with Crippen LogP contribution in [0, 0.1) is 10.1 Å². The van der Waals surface area contributed by atoms with Crippen LogP contribution in [0.5, 0.6) is 0 Å². The Labute approximate surface area is 102 Å². The van der Waals surface area contributed by atoms with Crippen LogP contribution in [0.1, 0.15) is 13.8 Å². The van der Waals surface area contributed by atoms with Crippen molar-refractivity contribution in [3.05, 3.63) is 22.5 Å². The van der Waals surface area contributed by atoms with E-state index in [1.165, 1.54) is 20.9 Å². The molecule has 1 heterocycles. The normalized spacial score (nSPS) is 11.2. The Kier molecular flexibility index (Phi) is 3.87. The third kappa shape index (κ3) is 2.97. The molecular weight excluding hydrogens is 242 g/mol. The summed E-state index contributed by atoms with van der Waals surface area (Å²) in [6, 6.07) is 0. The SMILES string of the molecule is CC(=O)/N=C(\N(C)C(C)=O)n1cc([N+](=O)[O-])cn1. The second kappa shape index (κ2) is 5.17. The van der Waals surface area contributed by atoms with Gasteiger partial charge in [-0.25, -0.2) is 4.68 Å². The van der Waals surface area contributed by atoms with Crippen molar-refractivity contribution < 1.29 is 14.5 Å². The largest absolute Gasteiger partial charge is 0.307 e. The van der Waals surface area contributed by atoms with Gasteiger partial charge < -0.3 is 0 Å². The third-order valence-corrected chi connectivity index (χ3v) is 2.01. The molecule has 0 unspecified atom stereocenters. The van der Waals surface area contributed by atoms with Crippen LogP contribution in [0.4, 0.5) is 5.69 Å². The van der Waals surface area contributed by atoms with Crippen LogP contribution in [0.25, 0.3) is 0 Å². The number of rotatable bonds is 1. The third-order valence-electron chi connectivity index (χ3n) is 2.01. The Morgan fingerprint density at radius 2 is 2.11 bits per heavy atom. The topological polar surface area (TPSA) is 111 Å². The minimum atomic E-state index is -0.636. The summed E-state index contributed by atoms with van der Waals surface area (Å²) < 4.78 is 1.00. The van der Waals surface area contributed by atoms with Gasteiger partial charge in [0.1, 0.15) is 12.4 Å². The average molecular weight is 253 g/mol. The fourth-order valence-corrected chi connectivity index (χ4v) is 1.08. The Balaban J connectivity index is 3.22. The summed E-state index contributed by atoms with van der Waals surface area (Å²) >= 11 is 0. The lowest BCUT2D eigenvalue weighted by Gasteiger charge is -2.16. The molecule has 0 aliphatic rings. The highest BCUT2D eigenvalue weighted by atomic mass is 16.6. The number of hydrogen-bond donors (Lipinski definition) is 0. The molecule has 0 aliphatic heterocycles. The van der Waals surface area contributed by atoms with E-state index in [0.717, 1.165) is 22.0 Å². The molecular formula is C9H11N5O4. The summed E-state index contributed by atoms with van der Waals surface area (Å²) in [5.74, 6) is -1.02. The molecule has 9 heteroatoms. The maximum atomic E-state index is 11.2. The molecule has 1 rings (SSSR count). The molecule has 1 aromatic rings. The first-order chi connectivity index (χ1) is 8.32. The van der Waals surface area contributed by atoms with Crippen molar-refractivity contribution in [3.63, 3.8) is 0 Å². The quantitative estimate of drug-likeness (QED) is 0.303. The molecule has 0 radical (unpaired) electrons. The zero-order valence-electron chi connectivity index (χ0n) is 10.0. The zero-order chi connectivity index (χ0) is 13.9. The number of aliphatic imine (C=N–C) groups is 1. The van der Waals surface area contributed by atoms with Gasteiger partial charge in [-0.15, -0.1) is 0 Å². The summed E-state index contributed by atoms with van der Waals surface area (Å²) in [7, 11) is 1.39. The molecule has 0 spiro atoms. The van der Waals surface area contributed by atoms with Crippen molar-refractivity contribution in [1.82, 2.24) is 14.7 Å². The second-order valence-corrected chi connectivity index (χ2v) is 3.41. The second-order valence-electron chi connectivity index (χ2n) is 3.41. The van der Waals surface area contributed by atoms with Gasteiger partial charge in [0.2, 0.25) is 17.8 Å². The van der Waals surface area contributed by atoms with E-state index in [-0.39, 0.29) is 17.6 Å². The van der Waals surface area contributed by atoms with Gasteiger partial charge in [-0.05, 0) is 0 Å². The zero-order valence-corrected chi connectivity index (χ0v) is 10.0. The fourth-order valence-electron chi connectivity index (χ4n) is 1.08. The monoisotopic (exact) mass is 253 g/mol. The van der Waals surface area contributed by atoms with Gasteiger partial charge in [0.25, 0.3) is 0 Å². The first kappa shape index (κ1) is 13.5. The van der Waals surface area contributed by atoms with E-state index in [1.807, 2.05) is 0 Å². The van der Waals surface area contributed by atoms with Crippen LogP contribution < -0.4 is 0 Å². The highest BCUT2D eigenvalue weighted by Crippen LogP contribution is 2.08. The Hall–Kier alpha value is -2.58.